The lowest BCUT2D eigenvalue weighted by atomic mass is 9.48. The van der Waals surface area contributed by atoms with Crippen LogP contribution in [0.25, 0.3) is 0 Å². The van der Waals surface area contributed by atoms with Gasteiger partial charge >= 0.3 is 5.97 Å². The number of rotatable bonds is 3. The topological polar surface area (TPSA) is 114 Å². The Balaban J connectivity index is 0.000000171. The number of amides is 1. The van der Waals surface area contributed by atoms with E-state index < -0.39 is 5.97 Å². The van der Waals surface area contributed by atoms with Gasteiger partial charge in [-0.05, 0) is 128 Å². The summed E-state index contributed by atoms with van der Waals surface area (Å²) in [5.74, 6) is 3.06. The molecule has 4 aliphatic carbocycles. The van der Waals surface area contributed by atoms with Crippen molar-refractivity contribution in [3.8, 4) is 11.5 Å². The van der Waals surface area contributed by atoms with Gasteiger partial charge in [-0.15, -0.1) is 0 Å². The van der Waals surface area contributed by atoms with Crippen molar-refractivity contribution in [3.05, 3.63) is 65.7 Å². The maximum Gasteiger partial charge on any atom is 0.347 e. The van der Waals surface area contributed by atoms with Crippen molar-refractivity contribution >= 4 is 17.6 Å². The van der Waals surface area contributed by atoms with Crippen LogP contribution in [0.4, 0.5) is 5.69 Å². The minimum Gasteiger partial charge on any atom is -0.507 e. The number of hydrogen-bond acceptors (Lipinski definition) is 7. The first-order valence-electron chi connectivity index (χ1n) is 18.9. The predicted molar refractivity (Wildman–Crippen MR) is 192 cm³/mol. The lowest BCUT2D eigenvalue weighted by Gasteiger charge is -2.57. The Hall–Kier alpha value is -3.20. The van der Waals surface area contributed by atoms with E-state index in [4.69, 9.17) is 14.2 Å². The highest BCUT2D eigenvalue weighted by Gasteiger charge is 2.67. The van der Waals surface area contributed by atoms with E-state index in [9.17, 15) is 19.8 Å². The molecule has 1 spiro atoms. The number of para-hydroxylation sites is 1. The fraction of sp³-hybridized carbons (Fsp3) is 0.619. The summed E-state index contributed by atoms with van der Waals surface area (Å²) in [7, 11) is 0. The van der Waals surface area contributed by atoms with Gasteiger partial charge in [0, 0.05) is 24.9 Å². The van der Waals surface area contributed by atoms with E-state index in [2.05, 4.69) is 39.1 Å². The number of anilines is 1. The first kappa shape index (κ1) is 35.2. The number of nitrogens with one attached hydrogen (secondary N) is 1. The third-order valence-corrected chi connectivity index (χ3v) is 13.8. The summed E-state index contributed by atoms with van der Waals surface area (Å²) in [5.41, 5.74) is 3.17. The molecule has 0 aromatic heterocycles. The standard InChI is InChI=1S/C27H42O3.C15H13NO4/c1-16-7-12-27(29-15-16)17(2)24-23(30-27)14-22-20-6-5-18-13-19(28)8-10-25(18,3)21(20)9-11-26(22,24)4;1-10(17)16-11-6-8-12(9-7-11)20-15(19)13-4-2-3-5-14(13)18/h9,16-20,22-24,28H,5-8,10-15H2,1-4H3;2-9,18H,1H3,(H,16,17). The molecule has 2 aromatic carbocycles. The number of benzene rings is 2. The lowest BCUT2D eigenvalue weighted by molar-refractivity contribution is -0.272. The molecular weight excluding hydrogens is 630 g/mol. The molecule has 2 aliphatic heterocycles. The number of allylic oxidation sites excluding steroid dienone is 2. The number of fused-ring (bicyclic) bond motifs is 7. The molecule has 270 valence electrons. The van der Waals surface area contributed by atoms with Crippen LogP contribution in [0.3, 0.4) is 0 Å². The Labute approximate surface area is 297 Å². The molecule has 0 bridgehead atoms. The first-order valence-corrected chi connectivity index (χ1v) is 18.9. The molecule has 11 unspecified atom stereocenters. The number of hydrogen-bond donors (Lipinski definition) is 3. The van der Waals surface area contributed by atoms with Crippen LogP contribution >= 0.6 is 0 Å². The minimum absolute atomic E-state index is 0.0661. The van der Waals surface area contributed by atoms with Gasteiger partial charge in [-0.2, -0.15) is 0 Å². The molecule has 8 nitrogen and oxygen atoms in total. The number of phenolic OH excluding ortho intramolecular Hbond substituents is 1. The van der Waals surface area contributed by atoms with Crippen LogP contribution in [0.15, 0.2) is 60.2 Å². The molecule has 3 saturated carbocycles. The summed E-state index contributed by atoms with van der Waals surface area (Å²) < 4.78 is 18.5. The van der Waals surface area contributed by atoms with Crippen molar-refractivity contribution in [1.29, 1.82) is 0 Å². The summed E-state index contributed by atoms with van der Waals surface area (Å²) in [6.07, 6.45) is 13.6. The monoisotopic (exact) mass is 685 g/mol. The van der Waals surface area contributed by atoms with Gasteiger partial charge in [0.1, 0.15) is 17.1 Å². The Morgan fingerprint density at radius 3 is 2.42 bits per heavy atom. The average molecular weight is 686 g/mol. The van der Waals surface area contributed by atoms with Gasteiger partial charge in [0.05, 0.1) is 18.8 Å². The highest BCUT2D eigenvalue weighted by atomic mass is 16.7. The number of aliphatic hydroxyl groups excluding tert-OH is 1. The summed E-state index contributed by atoms with van der Waals surface area (Å²) in [6, 6.07) is 12.5. The maximum atomic E-state index is 11.8. The van der Waals surface area contributed by atoms with Crippen LogP contribution in [-0.2, 0) is 14.3 Å². The largest absolute Gasteiger partial charge is 0.507 e. The van der Waals surface area contributed by atoms with Gasteiger partial charge < -0.3 is 29.7 Å². The van der Waals surface area contributed by atoms with Crippen molar-refractivity contribution in [3.63, 3.8) is 0 Å². The highest BCUT2D eigenvalue weighted by Crippen LogP contribution is 2.69. The zero-order valence-corrected chi connectivity index (χ0v) is 30.3. The molecule has 2 aromatic rings. The molecule has 5 fully saturated rings. The van der Waals surface area contributed by atoms with E-state index in [-0.39, 0.29) is 29.1 Å². The first-order chi connectivity index (χ1) is 23.8. The van der Waals surface area contributed by atoms with Crippen molar-refractivity contribution in [2.24, 2.45) is 46.3 Å². The minimum atomic E-state index is -0.643. The van der Waals surface area contributed by atoms with Crippen LogP contribution in [0.2, 0.25) is 0 Å². The number of ether oxygens (including phenoxy) is 3. The fourth-order valence-corrected chi connectivity index (χ4v) is 11.1. The average Bonchev–Trinajstić information content (AvgIpc) is 3.53. The molecular formula is C42H55NO7. The van der Waals surface area contributed by atoms with Gasteiger partial charge in [0.2, 0.25) is 5.91 Å². The van der Waals surface area contributed by atoms with Crippen LogP contribution in [0.5, 0.6) is 11.5 Å². The van der Waals surface area contributed by atoms with E-state index in [0.717, 1.165) is 37.7 Å². The summed E-state index contributed by atoms with van der Waals surface area (Å²) in [5, 5.41) is 22.4. The van der Waals surface area contributed by atoms with Crippen molar-refractivity contribution in [1.82, 2.24) is 0 Å². The zero-order chi connectivity index (χ0) is 35.4. The van der Waals surface area contributed by atoms with Gasteiger partial charge in [-0.1, -0.05) is 51.5 Å². The van der Waals surface area contributed by atoms with Crippen LogP contribution in [0.1, 0.15) is 103 Å². The second kappa shape index (κ2) is 13.4. The van der Waals surface area contributed by atoms with E-state index in [1.54, 1.807) is 42.0 Å². The quantitative estimate of drug-likeness (QED) is 0.169. The molecule has 1 amide bonds. The second-order valence-corrected chi connectivity index (χ2v) is 16.8. The summed E-state index contributed by atoms with van der Waals surface area (Å²) >= 11 is 0. The smallest absolute Gasteiger partial charge is 0.347 e. The lowest BCUT2D eigenvalue weighted by Crippen LogP contribution is -2.50. The van der Waals surface area contributed by atoms with Crippen molar-refractivity contribution < 1.29 is 34.0 Å². The van der Waals surface area contributed by atoms with Gasteiger partial charge in [-0.3, -0.25) is 4.79 Å². The molecule has 11 atom stereocenters. The van der Waals surface area contributed by atoms with E-state index in [0.29, 0.717) is 52.0 Å². The number of esters is 1. The molecule has 50 heavy (non-hydrogen) atoms. The van der Waals surface area contributed by atoms with E-state index in [1.807, 2.05) is 0 Å². The van der Waals surface area contributed by atoms with Gasteiger partial charge in [-0.25, -0.2) is 4.79 Å². The normalized spacial score (nSPS) is 39.8. The Morgan fingerprint density at radius 1 is 0.960 bits per heavy atom. The van der Waals surface area contributed by atoms with Crippen LogP contribution < -0.4 is 10.1 Å². The van der Waals surface area contributed by atoms with Crippen LogP contribution in [0, 0.1) is 46.3 Å². The maximum absolute atomic E-state index is 11.8. The second-order valence-electron chi connectivity index (χ2n) is 16.8. The third-order valence-electron chi connectivity index (χ3n) is 13.8. The number of carbonyl (C=O) groups excluding carboxylic acids is 2. The van der Waals surface area contributed by atoms with Crippen molar-refractivity contribution in [2.75, 3.05) is 11.9 Å². The fourth-order valence-electron chi connectivity index (χ4n) is 11.1. The highest BCUT2D eigenvalue weighted by molar-refractivity contribution is 5.94. The van der Waals surface area contributed by atoms with Crippen LogP contribution in [-0.4, -0.2) is 46.7 Å². The molecule has 2 saturated heterocycles. The molecule has 2 heterocycles. The molecule has 3 N–H and O–H groups in total. The Kier molecular flexibility index (Phi) is 9.44. The predicted octanol–water partition coefficient (Wildman–Crippen LogP) is 8.28. The Morgan fingerprint density at radius 2 is 1.72 bits per heavy atom. The number of aromatic hydroxyl groups is 1. The molecule has 8 rings (SSSR count). The van der Waals surface area contributed by atoms with E-state index >= 15 is 0 Å². The molecule has 6 aliphatic rings. The number of aliphatic hydroxyl groups is 1. The van der Waals surface area contributed by atoms with E-state index in [1.165, 1.54) is 57.6 Å². The molecule has 0 radical (unpaired) electrons. The number of phenols is 1. The zero-order valence-electron chi connectivity index (χ0n) is 30.3. The van der Waals surface area contributed by atoms with Crippen molar-refractivity contribution in [2.45, 2.75) is 110 Å². The molecule has 8 heteroatoms. The summed E-state index contributed by atoms with van der Waals surface area (Å²) in [6.45, 7) is 12.1. The third kappa shape index (κ3) is 6.19. The van der Waals surface area contributed by atoms with Gasteiger partial charge in [0.15, 0.2) is 5.79 Å². The van der Waals surface area contributed by atoms with Gasteiger partial charge in [0.25, 0.3) is 0 Å². The summed E-state index contributed by atoms with van der Waals surface area (Å²) in [4.78, 5) is 22.7. The SMILES string of the molecule is CC(=O)Nc1ccc(OC(=O)c2ccccc2O)cc1.CC1CCC2(OC1)OC1CC3C4CCC5CC(O)CCC5(C)C4=CCC3(C)C1C2C. The Bertz CT molecular complexity index is 1610. The number of carbonyl (C=O) groups is 2.